The minimum Gasteiger partial charge on any atom is -0.495 e. The van der Waals surface area contributed by atoms with Crippen LogP contribution >= 0.6 is 0 Å². The van der Waals surface area contributed by atoms with E-state index in [2.05, 4.69) is 11.4 Å². The van der Waals surface area contributed by atoms with E-state index >= 15 is 0 Å². The number of nitrogens with zero attached hydrogens (tertiary/aromatic N) is 1. The molecule has 0 aliphatic heterocycles. The van der Waals surface area contributed by atoms with Gasteiger partial charge in [-0.2, -0.15) is 5.26 Å². The van der Waals surface area contributed by atoms with Gasteiger partial charge in [0.2, 0.25) is 0 Å². The monoisotopic (exact) mass is 288 g/mol. The van der Waals surface area contributed by atoms with Gasteiger partial charge >= 0.3 is 0 Å². The van der Waals surface area contributed by atoms with Crippen molar-refractivity contribution in [2.75, 3.05) is 7.11 Å². The Kier molecular flexibility index (Phi) is 4.85. The van der Waals surface area contributed by atoms with Crippen LogP contribution in [0.1, 0.15) is 16.7 Å². The third kappa shape index (κ3) is 3.77. The van der Waals surface area contributed by atoms with Crippen LogP contribution in [-0.4, -0.2) is 7.11 Å². The molecule has 0 saturated carbocycles. The van der Waals surface area contributed by atoms with Gasteiger partial charge in [-0.05, 0) is 23.8 Å². The van der Waals surface area contributed by atoms with Crippen LogP contribution in [-0.2, 0) is 13.1 Å². The molecule has 3 nitrogen and oxygen atoms in total. The van der Waals surface area contributed by atoms with Crippen LogP contribution < -0.4 is 10.1 Å². The van der Waals surface area contributed by atoms with E-state index < -0.39 is 11.6 Å². The van der Waals surface area contributed by atoms with Gasteiger partial charge in [-0.15, -0.1) is 0 Å². The molecular weight excluding hydrogens is 274 g/mol. The van der Waals surface area contributed by atoms with Gasteiger partial charge < -0.3 is 10.1 Å². The lowest BCUT2D eigenvalue weighted by Gasteiger charge is -2.08. The summed E-state index contributed by atoms with van der Waals surface area (Å²) in [5.41, 5.74) is 1.73. The van der Waals surface area contributed by atoms with Crippen molar-refractivity contribution in [3.8, 4) is 11.8 Å². The quantitative estimate of drug-likeness (QED) is 0.919. The normalized spacial score (nSPS) is 10.2. The van der Waals surface area contributed by atoms with Crippen molar-refractivity contribution in [2.45, 2.75) is 13.1 Å². The van der Waals surface area contributed by atoms with E-state index in [1.165, 1.54) is 19.2 Å². The van der Waals surface area contributed by atoms with Gasteiger partial charge in [-0.25, -0.2) is 8.78 Å². The number of nitrogens with one attached hydrogen (secondary N) is 1. The molecule has 0 aliphatic rings. The Morgan fingerprint density at radius 3 is 2.62 bits per heavy atom. The summed E-state index contributed by atoms with van der Waals surface area (Å²) >= 11 is 0. The summed E-state index contributed by atoms with van der Waals surface area (Å²) in [7, 11) is 1.51. The maximum Gasteiger partial charge on any atom is 0.136 e. The van der Waals surface area contributed by atoms with E-state index in [9.17, 15) is 8.78 Å². The van der Waals surface area contributed by atoms with Gasteiger partial charge in [0.25, 0.3) is 0 Å². The highest BCUT2D eigenvalue weighted by Crippen LogP contribution is 2.18. The lowest BCUT2D eigenvalue weighted by atomic mass is 10.1. The van der Waals surface area contributed by atoms with Crippen molar-refractivity contribution >= 4 is 0 Å². The molecule has 21 heavy (non-hydrogen) atoms. The summed E-state index contributed by atoms with van der Waals surface area (Å²) in [5.74, 6) is -0.647. The standard InChI is InChI=1S/C16H14F2N2O/c1-21-16-5-2-11(6-13(16)8-19)9-20-10-12-3-4-14(17)7-15(12)18/h2-7,20H,9-10H2,1H3. The van der Waals surface area contributed by atoms with Crippen molar-refractivity contribution in [1.29, 1.82) is 5.26 Å². The van der Waals surface area contributed by atoms with Gasteiger partial charge in [0, 0.05) is 24.7 Å². The minimum atomic E-state index is -0.593. The Bertz CT molecular complexity index is 680. The predicted octanol–water partition coefficient (Wildman–Crippen LogP) is 3.13. The second-order valence-electron chi connectivity index (χ2n) is 4.49. The SMILES string of the molecule is COc1ccc(CNCc2ccc(F)cc2F)cc1C#N. The summed E-state index contributed by atoms with van der Waals surface area (Å²) < 4.78 is 31.3. The molecule has 0 unspecified atom stereocenters. The molecule has 0 radical (unpaired) electrons. The Hall–Kier alpha value is -2.45. The number of halogens is 2. The fraction of sp³-hybridized carbons (Fsp3) is 0.188. The molecule has 2 aromatic rings. The summed E-state index contributed by atoms with van der Waals surface area (Å²) in [6, 6.07) is 10.8. The molecule has 0 fully saturated rings. The van der Waals surface area contributed by atoms with Crippen LogP contribution in [0.15, 0.2) is 36.4 Å². The number of nitriles is 1. The maximum absolute atomic E-state index is 13.5. The van der Waals surface area contributed by atoms with Gasteiger partial charge in [0.15, 0.2) is 0 Å². The molecule has 0 amide bonds. The van der Waals surface area contributed by atoms with E-state index in [0.29, 0.717) is 23.4 Å². The zero-order valence-electron chi connectivity index (χ0n) is 11.5. The number of methoxy groups -OCH3 is 1. The fourth-order valence-corrected chi connectivity index (χ4v) is 1.96. The third-order valence-electron chi connectivity index (χ3n) is 3.04. The summed E-state index contributed by atoms with van der Waals surface area (Å²) in [4.78, 5) is 0. The first kappa shape index (κ1) is 14.9. The molecule has 0 bridgehead atoms. The maximum atomic E-state index is 13.5. The van der Waals surface area contributed by atoms with E-state index in [1.807, 2.05) is 6.07 Å². The van der Waals surface area contributed by atoms with Gasteiger partial charge in [-0.1, -0.05) is 12.1 Å². The smallest absolute Gasteiger partial charge is 0.136 e. The summed E-state index contributed by atoms with van der Waals surface area (Å²) in [5, 5.41) is 12.1. The van der Waals surface area contributed by atoms with Gasteiger partial charge in [0.1, 0.15) is 23.5 Å². The number of rotatable bonds is 5. The molecule has 0 spiro atoms. The van der Waals surface area contributed by atoms with E-state index in [-0.39, 0.29) is 6.54 Å². The third-order valence-corrected chi connectivity index (χ3v) is 3.04. The molecular formula is C16H14F2N2O. The Morgan fingerprint density at radius 1 is 1.14 bits per heavy atom. The van der Waals surface area contributed by atoms with Crippen LogP contribution in [0.3, 0.4) is 0 Å². The lowest BCUT2D eigenvalue weighted by molar-refractivity contribution is 0.413. The molecule has 5 heteroatoms. The van der Waals surface area contributed by atoms with Crippen LogP contribution in [0, 0.1) is 23.0 Å². The molecule has 2 rings (SSSR count). The van der Waals surface area contributed by atoms with Crippen molar-refractivity contribution < 1.29 is 13.5 Å². The Morgan fingerprint density at radius 2 is 1.95 bits per heavy atom. The molecule has 0 aliphatic carbocycles. The molecule has 2 aromatic carbocycles. The topological polar surface area (TPSA) is 45.0 Å². The second-order valence-corrected chi connectivity index (χ2v) is 4.49. The van der Waals surface area contributed by atoms with E-state index in [1.54, 1.807) is 12.1 Å². The first-order chi connectivity index (χ1) is 10.1. The largest absolute Gasteiger partial charge is 0.495 e. The van der Waals surface area contributed by atoms with Gasteiger partial charge in [0.05, 0.1) is 12.7 Å². The molecule has 0 atom stereocenters. The first-order valence-corrected chi connectivity index (χ1v) is 6.35. The molecule has 0 saturated heterocycles. The number of hydrogen-bond acceptors (Lipinski definition) is 3. The molecule has 0 aromatic heterocycles. The zero-order chi connectivity index (χ0) is 15.2. The lowest BCUT2D eigenvalue weighted by Crippen LogP contribution is -2.14. The summed E-state index contributed by atoms with van der Waals surface area (Å²) in [6.45, 7) is 0.746. The van der Waals surface area contributed by atoms with E-state index in [0.717, 1.165) is 11.6 Å². The molecule has 0 heterocycles. The number of ether oxygens (including phenoxy) is 1. The van der Waals surface area contributed by atoms with Crippen LogP contribution in [0.25, 0.3) is 0 Å². The van der Waals surface area contributed by atoms with Crippen LogP contribution in [0.5, 0.6) is 5.75 Å². The van der Waals surface area contributed by atoms with Crippen molar-refractivity contribution in [2.24, 2.45) is 0 Å². The van der Waals surface area contributed by atoms with Crippen molar-refractivity contribution in [3.05, 3.63) is 64.7 Å². The van der Waals surface area contributed by atoms with Crippen LogP contribution in [0.4, 0.5) is 8.78 Å². The average molecular weight is 288 g/mol. The second kappa shape index (κ2) is 6.82. The highest BCUT2D eigenvalue weighted by molar-refractivity contribution is 5.45. The molecule has 1 N–H and O–H groups in total. The Labute approximate surface area is 121 Å². The van der Waals surface area contributed by atoms with E-state index in [4.69, 9.17) is 10.00 Å². The summed E-state index contributed by atoms with van der Waals surface area (Å²) in [6.07, 6.45) is 0. The zero-order valence-corrected chi connectivity index (χ0v) is 11.5. The van der Waals surface area contributed by atoms with Gasteiger partial charge in [-0.3, -0.25) is 0 Å². The van der Waals surface area contributed by atoms with Crippen molar-refractivity contribution in [1.82, 2.24) is 5.32 Å². The Balaban J connectivity index is 1.99. The number of benzene rings is 2. The minimum absolute atomic E-state index is 0.278. The van der Waals surface area contributed by atoms with Crippen LogP contribution in [0.2, 0.25) is 0 Å². The highest BCUT2D eigenvalue weighted by Gasteiger charge is 2.05. The van der Waals surface area contributed by atoms with Crippen molar-refractivity contribution in [3.63, 3.8) is 0 Å². The highest BCUT2D eigenvalue weighted by atomic mass is 19.1. The number of hydrogen-bond donors (Lipinski definition) is 1. The molecule has 108 valence electrons. The first-order valence-electron chi connectivity index (χ1n) is 6.35. The fourth-order valence-electron chi connectivity index (χ4n) is 1.96. The predicted molar refractivity (Wildman–Crippen MR) is 74.6 cm³/mol. The average Bonchev–Trinajstić information content (AvgIpc) is 2.49.